The number of rotatable bonds is 9. The highest BCUT2D eigenvalue weighted by Gasteiger charge is 2.32. The highest BCUT2D eigenvalue weighted by atomic mass is 32.2. The third-order valence-electron chi connectivity index (χ3n) is 5.26. The summed E-state index contributed by atoms with van der Waals surface area (Å²) in [4.78, 5) is 13.8. The minimum Gasteiger partial charge on any atom is -0.383 e. The van der Waals surface area contributed by atoms with Gasteiger partial charge >= 0.3 is 16.3 Å². The number of methoxy groups -OCH3 is 1. The molecule has 1 amide bonds. The molecule has 0 atom stereocenters. The molecule has 0 aromatic heterocycles. The molecule has 0 saturated heterocycles. The number of hydrogen-bond donors (Lipinski definition) is 0. The van der Waals surface area contributed by atoms with Gasteiger partial charge in [0, 0.05) is 26.1 Å². The smallest absolute Gasteiger partial charge is 0.383 e. The predicted molar refractivity (Wildman–Crippen MR) is 110 cm³/mol. The lowest BCUT2D eigenvalue weighted by Crippen LogP contribution is -2.40. The van der Waals surface area contributed by atoms with Crippen molar-refractivity contribution in [2.75, 3.05) is 20.3 Å². The molecule has 0 N–H and O–H groups in total. The lowest BCUT2D eigenvalue weighted by molar-refractivity contribution is -0.139. The molecule has 6 nitrogen and oxygen atoms in total. The Bertz CT molecular complexity index is 1050. The summed E-state index contributed by atoms with van der Waals surface area (Å²) in [7, 11) is -2.94. The molecule has 0 heterocycles. The molecule has 2 aromatic rings. The van der Waals surface area contributed by atoms with Crippen molar-refractivity contribution in [3.8, 4) is 5.75 Å². The maximum Gasteiger partial charge on any atom is 0.416 e. The highest BCUT2D eigenvalue weighted by Crippen LogP contribution is 2.32. The van der Waals surface area contributed by atoms with E-state index in [-0.39, 0.29) is 24.1 Å². The fourth-order valence-corrected chi connectivity index (χ4v) is 4.27. The number of hydrogen-bond acceptors (Lipinski definition) is 5. The summed E-state index contributed by atoms with van der Waals surface area (Å²) in [6.45, 7) is 0.984. The predicted octanol–water partition coefficient (Wildman–Crippen LogP) is 4.25. The van der Waals surface area contributed by atoms with Gasteiger partial charge in [-0.15, -0.1) is 0 Å². The SMILES string of the molecule is COCCN(Cc1cccc(OS(=O)(=O)c2cccc(C(F)(F)F)c2)c1)C(=O)C1CCC1. The van der Waals surface area contributed by atoms with Crippen molar-refractivity contribution >= 4 is 16.0 Å². The van der Waals surface area contributed by atoms with Gasteiger partial charge in [-0.05, 0) is 48.7 Å². The van der Waals surface area contributed by atoms with Crippen molar-refractivity contribution in [1.82, 2.24) is 4.90 Å². The van der Waals surface area contributed by atoms with Crippen LogP contribution in [-0.2, 0) is 32.4 Å². The van der Waals surface area contributed by atoms with Crippen LogP contribution in [0.25, 0.3) is 0 Å². The fourth-order valence-electron chi connectivity index (χ4n) is 3.30. The first-order valence-electron chi connectivity index (χ1n) is 10.1. The van der Waals surface area contributed by atoms with E-state index in [1.54, 1.807) is 24.1 Å². The maximum absolute atomic E-state index is 12.9. The van der Waals surface area contributed by atoms with Gasteiger partial charge in [0.25, 0.3) is 0 Å². The number of carbonyl (C=O) groups excluding carboxylic acids is 1. The second kappa shape index (κ2) is 9.91. The summed E-state index contributed by atoms with van der Waals surface area (Å²) in [5.41, 5.74) is -0.454. The van der Waals surface area contributed by atoms with Gasteiger partial charge in [0.1, 0.15) is 10.6 Å². The molecule has 174 valence electrons. The molecule has 1 fully saturated rings. The summed E-state index contributed by atoms with van der Waals surface area (Å²) in [5, 5.41) is 0. The molecular formula is C22H24F3NO5S. The van der Waals surface area contributed by atoms with Crippen LogP contribution in [0, 0.1) is 5.92 Å². The van der Waals surface area contributed by atoms with Crippen LogP contribution in [0.5, 0.6) is 5.75 Å². The largest absolute Gasteiger partial charge is 0.416 e. The van der Waals surface area contributed by atoms with E-state index in [1.807, 2.05) is 0 Å². The topological polar surface area (TPSA) is 72.9 Å². The lowest BCUT2D eigenvalue weighted by atomic mass is 9.84. The van der Waals surface area contributed by atoms with Crippen molar-refractivity contribution in [3.05, 3.63) is 59.7 Å². The Morgan fingerprint density at radius 3 is 2.47 bits per heavy atom. The summed E-state index contributed by atoms with van der Waals surface area (Å²) in [6, 6.07) is 9.50. The van der Waals surface area contributed by atoms with Crippen molar-refractivity contribution in [1.29, 1.82) is 0 Å². The summed E-state index contributed by atoms with van der Waals surface area (Å²) >= 11 is 0. The number of alkyl halides is 3. The first-order chi connectivity index (χ1) is 15.1. The molecule has 0 unspecified atom stereocenters. The van der Waals surface area contributed by atoms with Crippen molar-refractivity contribution in [2.45, 2.75) is 36.9 Å². The average molecular weight is 471 g/mol. The Labute approximate surface area is 185 Å². The minimum atomic E-state index is -4.68. The number of nitrogens with zero attached hydrogens (tertiary/aromatic N) is 1. The molecule has 10 heteroatoms. The molecule has 0 spiro atoms. The van der Waals surface area contributed by atoms with Crippen LogP contribution in [0.15, 0.2) is 53.4 Å². The molecule has 1 aliphatic carbocycles. The molecule has 3 rings (SSSR count). The van der Waals surface area contributed by atoms with Crippen LogP contribution >= 0.6 is 0 Å². The zero-order chi connectivity index (χ0) is 23.4. The molecule has 1 aliphatic rings. The molecule has 32 heavy (non-hydrogen) atoms. The Balaban J connectivity index is 1.77. The Morgan fingerprint density at radius 1 is 1.12 bits per heavy atom. The van der Waals surface area contributed by atoms with E-state index >= 15 is 0 Å². The summed E-state index contributed by atoms with van der Waals surface area (Å²) < 4.78 is 74.0. The quantitative estimate of drug-likeness (QED) is 0.512. The van der Waals surface area contributed by atoms with Crippen LogP contribution in [0.3, 0.4) is 0 Å². The van der Waals surface area contributed by atoms with Crippen LogP contribution < -0.4 is 4.18 Å². The minimum absolute atomic E-state index is 0.00687. The monoisotopic (exact) mass is 471 g/mol. The number of benzene rings is 2. The first-order valence-corrected chi connectivity index (χ1v) is 11.5. The van der Waals surface area contributed by atoms with Crippen molar-refractivity contribution in [2.24, 2.45) is 5.92 Å². The second-order valence-electron chi connectivity index (χ2n) is 7.59. The maximum atomic E-state index is 12.9. The van der Waals surface area contributed by atoms with Gasteiger partial charge in [-0.1, -0.05) is 24.6 Å². The second-order valence-corrected chi connectivity index (χ2v) is 9.14. The van der Waals surface area contributed by atoms with E-state index in [9.17, 15) is 26.4 Å². The fraction of sp³-hybridized carbons (Fsp3) is 0.409. The Kier molecular flexibility index (Phi) is 7.45. The van der Waals surface area contributed by atoms with Gasteiger partial charge in [-0.3, -0.25) is 4.79 Å². The average Bonchev–Trinajstić information content (AvgIpc) is 2.69. The summed E-state index contributed by atoms with van der Waals surface area (Å²) in [5.74, 6) is -0.0357. The van der Waals surface area contributed by atoms with Gasteiger partial charge in [0.05, 0.1) is 12.2 Å². The summed E-state index contributed by atoms with van der Waals surface area (Å²) in [6.07, 6.45) is -1.96. The third kappa shape index (κ3) is 6.01. The van der Waals surface area contributed by atoms with Gasteiger partial charge in [-0.2, -0.15) is 21.6 Å². The highest BCUT2D eigenvalue weighted by molar-refractivity contribution is 7.87. The number of ether oxygens (including phenoxy) is 1. The Morgan fingerprint density at radius 2 is 1.84 bits per heavy atom. The van der Waals surface area contributed by atoms with Gasteiger partial charge in [-0.25, -0.2) is 0 Å². The Hall–Kier alpha value is -2.59. The number of halogens is 3. The van der Waals surface area contributed by atoms with Crippen LogP contribution in [-0.4, -0.2) is 39.5 Å². The number of amides is 1. The first kappa shape index (κ1) is 24.1. The zero-order valence-electron chi connectivity index (χ0n) is 17.5. The lowest BCUT2D eigenvalue weighted by Gasteiger charge is -2.31. The van der Waals surface area contributed by atoms with E-state index in [0.29, 0.717) is 24.8 Å². The molecule has 1 saturated carbocycles. The normalized spacial score (nSPS) is 14.6. The van der Waals surface area contributed by atoms with Crippen LogP contribution in [0.2, 0.25) is 0 Å². The van der Waals surface area contributed by atoms with Gasteiger partial charge < -0.3 is 13.8 Å². The molecule has 0 bridgehead atoms. The van der Waals surface area contributed by atoms with Crippen LogP contribution in [0.1, 0.15) is 30.4 Å². The van der Waals surface area contributed by atoms with E-state index in [4.69, 9.17) is 8.92 Å². The van der Waals surface area contributed by atoms with Crippen molar-refractivity contribution in [3.63, 3.8) is 0 Å². The van der Waals surface area contributed by atoms with E-state index in [1.165, 1.54) is 12.1 Å². The third-order valence-corrected chi connectivity index (χ3v) is 6.50. The molecular weight excluding hydrogens is 447 g/mol. The van der Waals surface area contributed by atoms with Gasteiger partial charge in [0.15, 0.2) is 0 Å². The van der Waals surface area contributed by atoms with E-state index < -0.39 is 26.8 Å². The molecule has 0 radical (unpaired) electrons. The molecule has 0 aliphatic heterocycles. The zero-order valence-corrected chi connectivity index (χ0v) is 18.3. The molecule has 2 aromatic carbocycles. The van der Waals surface area contributed by atoms with E-state index in [2.05, 4.69) is 0 Å². The van der Waals surface area contributed by atoms with Crippen LogP contribution in [0.4, 0.5) is 13.2 Å². The van der Waals surface area contributed by atoms with Crippen molar-refractivity contribution < 1.29 is 35.3 Å². The number of carbonyl (C=O) groups is 1. The van der Waals surface area contributed by atoms with E-state index in [0.717, 1.165) is 37.5 Å². The standard InChI is InChI=1S/C22H24F3NO5S/c1-30-12-11-26(21(27)17-6-3-7-17)15-16-5-2-9-19(13-16)31-32(28,29)20-10-4-8-18(14-20)22(23,24)25/h2,4-5,8-10,13-14,17H,3,6-7,11-12,15H2,1H3. The van der Waals surface area contributed by atoms with Gasteiger partial charge in [0.2, 0.25) is 5.91 Å².